The molecule has 2 N–H and O–H groups in total. The van der Waals surface area contributed by atoms with E-state index in [4.69, 9.17) is 0 Å². The Morgan fingerprint density at radius 3 is 2.60 bits per heavy atom. The molecule has 0 aliphatic carbocycles. The molecule has 0 saturated heterocycles. The van der Waals surface area contributed by atoms with E-state index in [0.29, 0.717) is 5.13 Å². The Morgan fingerprint density at radius 1 is 0.967 bits per heavy atom. The van der Waals surface area contributed by atoms with E-state index in [0.717, 1.165) is 32.6 Å². The number of aryl methyl sites for hydroxylation is 1. The predicted molar refractivity (Wildman–Crippen MR) is 119 cm³/mol. The van der Waals surface area contributed by atoms with Crippen molar-refractivity contribution in [2.75, 3.05) is 11.9 Å². The average molecular weight is 417 g/mol. The van der Waals surface area contributed by atoms with Gasteiger partial charge >= 0.3 is 0 Å². The van der Waals surface area contributed by atoms with E-state index in [1.807, 2.05) is 67.6 Å². The summed E-state index contributed by atoms with van der Waals surface area (Å²) >= 11 is 1.36. The average Bonchev–Trinajstić information content (AvgIpc) is 3.13. The standard InChI is InChI=1S/C23H20N4O2S/c1-15-22(19-11-4-5-12-24-19)30-23(26-15)27-21(29)14-25-20(28)13-17-9-6-8-16-7-2-3-10-18(16)17/h2-12H,13-14H2,1H3,(H,25,28)(H,26,27,29). The van der Waals surface area contributed by atoms with Crippen molar-refractivity contribution in [3.8, 4) is 10.6 Å². The van der Waals surface area contributed by atoms with Crippen LogP contribution in [0.25, 0.3) is 21.3 Å². The number of anilines is 1. The molecule has 4 aromatic rings. The van der Waals surface area contributed by atoms with Gasteiger partial charge in [-0.25, -0.2) is 4.98 Å². The van der Waals surface area contributed by atoms with Gasteiger partial charge in [0, 0.05) is 6.20 Å². The van der Waals surface area contributed by atoms with Crippen LogP contribution in [0.2, 0.25) is 0 Å². The highest BCUT2D eigenvalue weighted by atomic mass is 32.1. The summed E-state index contributed by atoms with van der Waals surface area (Å²) in [5.41, 5.74) is 2.55. The second-order valence-electron chi connectivity index (χ2n) is 6.79. The van der Waals surface area contributed by atoms with Crippen LogP contribution in [0, 0.1) is 6.92 Å². The number of pyridine rings is 1. The molecule has 4 rings (SSSR count). The molecule has 0 aliphatic heterocycles. The maximum atomic E-state index is 12.3. The molecule has 0 aliphatic rings. The van der Waals surface area contributed by atoms with E-state index in [1.165, 1.54) is 11.3 Å². The molecule has 0 atom stereocenters. The smallest absolute Gasteiger partial charge is 0.245 e. The van der Waals surface area contributed by atoms with E-state index in [9.17, 15) is 9.59 Å². The van der Waals surface area contributed by atoms with Gasteiger partial charge in [-0.2, -0.15) is 0 Å². The third-order valence-electron chi connectivity index (χ3n) is 4.62. The number of amides is 2. The first-order valence-corrected chi connectivity index (χ1v) is 10.3. The van der Waals surface area contributed by atoms with Gasteiger partial charge in [0.05, 0.1) is 29.2 Å². The number of hydrogen-bond donors (Lipinski definition) is 2. The Hall–Kier alpha value is -3.58. The lowest BCUT2D eigenvalue weighted by Gasteiger charge is -2.08. The van der Waals surface area contributed by atoms with Crippen LogP contribution in [0.3, 0.4) is 0 Å². The second-order valence-corrected chi connectivity index (χ2v) is 7.79. The monoisotopic (exact) mass is 416 g/mol. The van der Waals surface area contributed by atoms with Gasteiger partial charge in [0.15, 0.2) is 5.13 Å². The van der Waals surface area contributed by atoms with Crippen molar-refractivity contribution in [2.45, 2.75) is 13.3 Å². The van der Waals surface area contributed by atoms with Gasteiger partial charge in [0.25, 0.3) is 0 Å². The fourth-order valence-corrected chi connectivity index (χ4v) is 4.17. The van der Waals surface area contributed by atoms with Gasteiger partial charge < -0.3 is 10.6 Å². The zero-order chi connectivity index (χ0) is 20.9. The zero-order valence-corrected chi connectivity index (χ0v) is 17.2. The molecule has 0 spiro atoms. The maximum absolute atomic E-state index is 12.3. The zero-order valence-electron chi connectivity index (χ0n) is 16.4. The topological polar surface area (TPSA) is 84.0 Å². The Morgan fingerprint density at radius 2 is 1.77 bits per heavy atom. The van der Waals surface area contributed by atoms with Crippen molar-refractivity contribution in [1.82, 2.24) is 15.3 Å². The fourth-order valence-electron chi connectivity index (χ4n) is 3.21. The van der Waals surface area contributed by atoms with Crippen LogP contribution in [0.5, 0.6) is 0 Å². The van der Waals surface area contributed by atoms with Gasteiger partial charge in [-0.05, 0) is 35.4 Å². The number of benzene rings is 2. The number of carbonyl (C=O) groups is 2. The van der Waals surface area contributed by atoms with Gasteiger partial charge in [-0.15, -0.1) is 0 Å². The highest BCUT2D eigenvalue weighted by molar-refractivity contribution is 7.19. The highest BCUT2D eigenvalue weighted by Gasteiger charge is 2.14. The largest absolute Gasteiger partial charge is 0.347 e. The van der Waals surface area contributed by atoms with Crippen molar-refractivity contribution >= 4 is 39.1 Å². The summed E-state index contributed by atoms with van der Waals surface area (Å²) in [5.74, 6) is -0.520. The molecule has 0 saturated carbocycles. The molecule has 30 heavy (non-hydrogen) atoms. The number of fused-ring (bicyclic) bond motifs is 1. The molecule has 0 unspecified atom stereocenters. The van der Waals surface area contributed by atoms with E-state index in [2.05, 4.69) is 20.6 Å². The Balaban J connectivity index is 1.34. The molecule has 7 heteroatoms. The number of carbonyl (C=O) groups excluding carboxylic acids is 2. The first-order chi connectivity index (χ1) is 14.6. The molecule has 0 radical (unpaired) electrons. The second kappa shape index (κ2) is 8.84. The summed E-state index contributed by atoms with van der Waals surface area (Å²) < 4.78 is 0. The van der Waals surface area contributed by atoms with E-state index >= 15 is 0 Å². The summed E-state index contributed by atoms with van der Waals surface area (Å²) in [7, 11) is 0. The van der Waals surface area contributed by atoms with E-state index < -0.39 is 0 Å². The molecule has 150 valence electrons. The summed E-state index contributed by atoms with van der Waals surface area (Å²) in [4.78, 5) is 34.2. The Bertz CT molecular complexity index is 1200. The number of aromatic nitrogens is 2. The number of thiazole rings is 1. The molecular weight excluding hydrogens is 396 g/mol. The third kappa shape index (κ3) is 4.52. The van der Waals surface area contributed by atoms with Crippen molar-refractivity contribution < 1.29 is 9.59 Å². The van der Waals surface area contributed by atoms with Crippen LogP contribution < -0.4 is 10.6 Å². The highest BCUT2D eigenvalue weighted by Crippen LogP contribution is 2.31. The van der Waals surface area contributed by atoms with Crippen LogP contribution in [-0.4, -0.2) is 28.3 Å². The maximum Gasteiger partial charge on any atom is 0.245 e. The van der Waals surface area contributed by atoms with E-state index in [1.54, 1.807) is 6.20 Å². The molecule has 2 aromatic heterocycles. The summed E-state index contributed by atoms with van der Waals surface area (Å²) in [5, 5.41) is 8.05. The number of rotatable bonds is 6. The lowest BCUT2D eigenvalue weighted by atomic mass is 10.0. The molecule has 0 bridgehead atoms. The van der Waals surface area contributed by atoms with Gasteiger partial charge in [0.2, 0.25) is 11.8 Å². The number of hydrogen-bond acceptors (Lipinski definition) is 5. The lowest BCUT2D eigenvalue weighted by Crippen LogP contribution is -2.33. The molecule has 6 nitrogen and oxygen atoms in total. The minimum absolute atomic E-state index is 0.110. The normalized spacial score (nSPS) is 10.7. The lowest BCUT2D eigenvalue weighted by molar-refractivity contribution is -0.123. The Labute approximate surface area is 178 Å². The van der Waals surface area contributed by atoms with Crippen LogP contribution >= 0.6 is 11.3 Å². The summed E-state index contributed by atoms with van der Waals surface area (Å²) in [6, 6.07) is 19.5. The van der Waals surface area contributed by atoms with E-state index in [-0.39, 0.29) is 24.8 Å². The quantitative estimate of drug-likeness (QED) is 0.498. The van der Waals surface area contributed by atoms with Crippen molar-refractivity contribution in [1.29, 1.82) is 0 Å². The van der Waals surface area contributed by atoms with Crippen molar-refractivity contribution in [2.24, 2.45) is 0 Å². The predicted octanol–water partition coefficient (Wildman–Crippen LogP) is 3.96. The van der Waals surface area contributed by atoms with Crippen LogP contribution in [-0.2, 0) is 16.0 Å². The minimum atomic E-state index is -0.317. The first kappa shape index (κ1) is 19.7. The SMILES string of the molecule is Cc1nc(NC(=O)CNC(=O)Cc2cccc3ccccc23)sc1-c1ccccn1. The number of nitrogens with zero attached hydrogens (tertiary/aromatic N) is 2. The Kier molecular flexibility index (Phi) is 5.81. The van der Waals surface area contributed by atoms with Crippen molar-refractivity contribution in [3.05, 3.63) is 78.1 Å². The minimum Gasteiger partial charge on any atom is -0.347 e. The summed E-state index contributed by atoms with van der Waals surface area (Å²) in [6.07, 6.45) is 1.94. The molecule has 2 heterocycles. The van der Waals surface area contributed by atoms with Gasteiger partial charge in [0.1, 0.15) is 0 Å². The third-order valence-corrected chi connectivity index (χ3v) is 5.71. The first-order valence-electron chi connectivity index (χ1n) is 9.52. The molecule has 0 fully saturated rings. The van der Waals surface area contributed by atoms with Crippen LogP contribution in [0.4, 0.5) is 5.13 Å². The fraction of sp³-hybridized carbons (Fsp3) is 0.130. The van der Waals surface area contributed by atoms with Crippen molar-refractivity contribution in [3.63, 3.8) is 0 Å². The van der Waals surface area contributed by atoms with Crippen LogP contribution in [0.1, 0.15) is 11.3 Å². The molecule has 2 aromatic carbocycles. The van der Waals surface area contributed by atoms with Gasteiger partial charge in [-0.1, -0.05) is 59.9 Å². The van der Waals surface area contributed by atoms with Crippen LogP contribution in [0.15, 0.2) is 66.9 Å². The molecule has 2 amide bonds. The molecular formula is C23H20N4O2S. The van der Waals surface area contributed by atoms with Gasteiger partial charge in [-0.3, -0.25) is 14.6 Å². The summed E-state index contributed by atoms with van der Waals surface area (Å²) in [6.45, 7) is 1.77. The number of nitrogens with one attached hydrogen (secondary N) is 2.